The Kier molecular flexibility index (Phi) is 2.97. The largest absolute Gasteiger partial charge is 0.369 e. The number of benzene rings is 1. The van der Waals surface area contributed by atoms with Crippen LogP contribution in [0.25, 0.3) is 11.0 Å². The van der Waals surface area contributed by atoms with E-state index in [1.54, 1.807) is 13.0 Å². The van der Waals surface area contributed by atoms with E-state index in [1.165, 1.54) is 6.07 Å². The van der Waals surface area contributed by atoms with Crippen LogP contribution in [0.15, 0.2) is 12.1 Å². The maximum Gasteiger partial charge on any atom is 0.201 e. The topological polar surface area (TPSA) is 61.7 Å². The summed E-state index contributed by atoms with van der Waals surface area (Å²) < 4.78 is 17.4. The van der Waals surface area contributed by atoms with E-state index in [4.69, 9.17) is 5.73 Å². The van der Waals surface area contributed by atoms with Crippen molar-refractivity contribution in [1.82, 2.24) is 19.3 Å². The molecule has 1 aromatic carbocycles. The normalized spacial score (nSPS) is 11.5. The van der Waals surface area contributed by atoms with Crippen LogP contribution in [0.4, 0.5) is 10.3 Å². The molecule has 3 rings (SSSR count). The molecular weight excluding hydrogens is 269 g/mol. The van der Waals surface area contributed by atoms with Gasteiger partial charge in [0.2, 0.25) is 5.95 Å². The van der Waals surface area contributed by atoms with Crippen LogP contribution in [-0.2, 0) is 13.6 Å². The zero-order valence-corrected chi connectivity index (χ0v) is 12.6. The number of nitrogens with zero attached hydrogens (tertiary/aromatic N) is 4. The van der Waals surface area contributed by atoms with Crippen molar-refractivity contribution in [3.63, 3.8) is 0 Å². The van der Waals surface area contributed by atoms with Crippen molar-refractivity contribution in [2.45, 2.75) is 27.3 Å². The van der Waals surface area contributed by atoms with Gasteiger partial charge < -0.3 is 10.3 Å². The number of aryl methyl sites for hydroxylation is 3. The second-order valence-electron chi connectivity index (χ2n) is 5.42. The molecule has 0 spiro atoms. The third-order valence-corrected chi connectivity index (χ3v) is 4.03. The summed E-state index contributed by atoms with van der Waals surface area (Å²) in [5, 5.41) is 4.41. The highest BCUT2D eigenvalue weighted by Crippen LogP contribution is 2.24. The number of halogens is 1. The van der Waals surface area contributed by atoms with Crippen molar-refractivity contribution in [2.24, 2.45) is 7.05 Å². The van der Waals surface area contributed by atoms with Crippen LogP contribution in [0.3, 0.4) is 0 Å². The molecule has 3 aromatic rings. The molecule has 5 nitrogen and oxygen atoms in total. The van der Waals surface area contributed by atoms with Crippen molar-refractivity contribution >= 4 is 17.0 Å². The molecule has 2 heterocycles. The maximum absolute atomic E-state index is 13.6. The average molecular weight is 287 g/mol. The summed E-state index contributed by atoms with van der Waals surface area (Å²) in [6, 6.07) is 3.22. The highest BCUT2D eigenvalue weighted by Gasteiger charge is 2.15. The molecule has 0 amide bonds. The minimum atomic E-state index is -0.263. The van der Waals surface area contributed by atoms with Gasteiger partial charge in [0.05, 0.1) is 23.3 Å². The van der Waals surface area contributed by atoms with Crippen molar-refractivity contribution in [3.8, 4) is 0 Å². The first-order chi connectivity index (χ1) is 9.88. The van der Waals surface area contributed by atoms with Crippen molar-refractivity contribution in [2.75, 3.05) is 5.73 Å². The Morgan fingerprint density at radius 1 is 1.24 bits per heavy atom. The van der Waals surface area contributed by atoms with E-state index in [9.17, 15) is 4.39 Å². The Balaban J connectivity index is 2.16. The highest BCUT2D eigenvalue weighted by atomic mass is 19.1. The van der Waals surface area contributed by atoms with Crippen molar-refractivity contribution in [1.29, 1.82) is 0 Å². The Morgan fingerprint density at radius 3 is 2.57 bits per heavy atom. The average Bonchev–Trinajstić information content (AvgIpc) is 2.83. The summed E-state index contributed by atoms with van der Waals surface area (Å²) >= 11 is 0. The number of fused-ring (bicyclic) bond motifs is 1. The van der Waals surface area contributed by atoms with Gasteiger partial charge in [-0.3, -0.25) is 4.68 Å². The first-order valence-corrected chi connectivity index (χ1v) is 6.79. The zero-order chi connectivity index (χ0) is 15.3. The minimum absolute atomic E-state index is 0.263. The van der Waals surface area contributed by atoms with Gasteiger partial charge in [-0.2, -0.15) is 5.10 Å². The number of anilines is 1. The summed E-state index contributed by atoms with van der Waals surface area (Å²) in [6.07, 6.45) is 0. The van der Waals surface area contributed by atoms with Crippen molar-refractivity contribution in [3.05, 3.63) is 40.5 Å². The van der Waals surface area contributed by atoms with Gasteiger partial charge >= 0.3 is 0 Å². The number of hydrogen-bond acceptors (Lipinski definition) is 3. The van der Waals surface area contributed by atoms with Crippen LogP contribution in [0.1, 0.15) is 22.5 Å². The smallest absolute Gasteiger partial charge is 0.201 e. The molecule has 21 heavy (non-hydrogen) atoms. The standard InChI is InChI=1S/C15H18FN5/c1-8-5-14-13(6-12(8)16)18-15(17)21(14)7-11-9(2)19-20(4)10(11)3/h5-6H,7H2,1-4H3,(H2,17,18). The quantitative estimate of drug-likeness (QED) is 0.787. The zero-order valence-electron chi connectivity index (χ0n) is 12.6. The fourth-order valence-corrected chi connectivity index (χ4v) is 2.64. The lowest BCUT2D eigenvalue weighted by atomic mass is 10.1. The molecule has 0 aliphatic carbocycles. The summed E-state index contributed by atoms with van der Waals surface area (Å²) in [5.74, 6) is 0.124. The molecule has 0 unspecified atom stereocenters. The van der Waals surface area contributed by atoms with Gasteiger partial charge in [-0.05, 0) is 32.4 Å². The summed E-state index contributed by atoms with van der Waals surface area (Å²) in [4.78, 5) is 4.25. The predicted molar refractivity (Wildman–Crippen MR) is 80.6 cm³/mol. The molecule has 0 bridgehead atoms. The fraction of sp³-hybridized carbons (Fsp3) is 0.333. The van der Waals surface area contributed by atoms with Gasteiger partial charge in [-0.1, -0.05) is 0 Å². The lowest BCUT2D eigenvalue weighted by Crippen LogP contribution is -2.06. The van der Waals surface area contributed by atoms with Crippen LogP contribution >= 0.6 is 0 Å². The van der Waals surface area contributed by atoms with Gasteiger partial charge in [0.15, 0.2) is 0 Å². The minimum Gasteiger partial charge on any atom is -0.369 e. The molecule has 6 heteroatoms. The Labute approximate surface area is 122 Å². The Bertz CT molecular complexity index is 844. The molecule has 0 aliphatic heterocycles. The molecular formula is C15H18FN5. The number of nitrogens with two attached hydrogens (primary N) is 1. The maximum atomic E-state index is 13.6. The highest BCUT2D eigenvalue weighted by molar-refractivity contribution is 5.79. The monoisotopic (exact) mass is 287 g/mol. The number of aromatic nitrogens is 4. The third-order valence-electron chi connectivity index (χ3n) is 4.03. The number of nitrogen functional groups attached to an aromatic ring is 1. The van der Waals surface area contributed by atoms with Crippen LogP contribution < -0.4 is 5.73 Å². The molecule has 0 atom stereocenters. The fourth-order valence-electron chi connectivity index (χ4n) is 2.64. The molecule has 0 aliphatic rings. The summed E-state index contributed by atoms with van der Waals surface area (Å²) in [7, 11) is 1.92. The van der Waals surface area contributed by atoms with E-state index in [1.807, 2.05) is 30.1 Å². The van der Waals surface area contributed by atoms with E-state index < -0.39 is 0 Å². The van der Waals surface area contributed by atoms with E-state index in [0.717, 1.165) is 22.5 Å². The molecule has 110 valence electrons. The van der Waals surface area contributed by atoms with Gasteiger partial charge in [-0.15, -0.1) is 0 Å². The van der Waals surface area contributed by atoms with Crippen LogP contribution in [0, 0.1) is 26.6 Å². The molecule has 0 radical (unpaired) electrons. The van der Waals surface area contributed by atoms with E-state index in [0.29, 0.717) is 23.6 Å². The van der Waals surface area contributed by atoms with Crippen LogP contribution in [0.2, 0.25) is 0 Å². The van der Waals surface area contributed by atoms with Crippen molar-refractivity contribution < 1.29 is 4.39 Å². The SMILES string of the molecule is Cc1cc2c(cc1F)nc(N)n2Cc1c(C)nn(C)c1C. The number of rotatable bonds is 2. The predicted octanol–water partition coefficient (Wildman–Crippen LogP) is 2.46. The second kappa shape index (κ2) is 4.58. The van der Waals surface area contributed by atoms with Gasteiger partial charge in [0, 0.05) is 24.4 Å². The Morgan fingerprint density at radius 2 is 1.95 bits per heavy atom. The third kappa shape index (κ3) is 2.07. The lowest BCUT2D eigenvalue weighted by molar-refractivity contribution is 0.620. The van der Waals surface area contributed by atoms with E-state index in [2.05, 4.69) is 10.1 Å². The summed E-state index contributed by atoms with van der Waals surface area (Å²) in [6.45, 7) is 6.32. The number of hydrogen-bond donors (Lipinski definition) is 1. The van der Waals surface area contributed by atoms with Crippen LogP contribution in [0.5, 0.6) is 0 Å². The van der Waals surface area contributed by atoms with E-state index in [-0.39, 0.29) is 5.82 Å². The van der Waals surface area contributed by atoms with Gasteiger partial charge in [0.25, 0.3) is 0 Å². The second-order valence-corrected chi connectivity index (χ2v) is 5.42. The first kappa shape index (κ1) is 13.6. The number of imidazole rings is 1. The Hall–Kier alpha value is -2.37. The van der Waals surface area contributed by atoms with Gasteiger partial charge in [0.1, 0.15) is 5.82 Å². The summed E-state index contributed by atoms with van der Waals surface area (Å²) in [5.41, 5.74) is 11.2. The van der Waals surface area contributed by atoms with Gasteiger partial charge in [-0.25, -0.2) is 9.37 Å². The molecule has 0 saturated heterocycles. The molecule has 2 N–H and O–H groups in total. The van der Waals surface area contributed by atoms with E-state index >= 15 is 0 Å². The molecule has 0 fully saturated rings. The molecule has 0 saturated carbocycles. The molecule has 2 aromatic heterocycles. The first-order valence-electron chi connectivity index (χ1n) is 6.79. The lowest BCUT2D eigenvalue weighted by Gasteiger charge is -2.08. The van der Waals surface area contributed by atoms with Crippen LogP contribution in [-0.4, -0.2) is 19.3 Å².